The van der Waals surface area contributed by atoms with E-state index in [2.05, 4.69) is 54.6 Å². The van der Waals surface area contributed by atoms with E-state index < -0.39 is 30.2 Å². The topological polar surface area (TPSA) is 55.4 Å². The van der Waals surface area contributed by atoms with Gasteiger partial charge in [-0.15, -0.1) is 0 Å². The summed E-state index contributed by atoms with van der Waals surface area (Å²) in [6, 6.07) is 48.7. The Bertz CT molecular complexity index is 1640. The molecule has 1 spiro atoms. The first-order valence-corrected chi connectivity index (χ1v) is 16.3. The molecule has 7 rings (SSSR count). The molecule has 5 aromatic carbocycles. The van der Waals surface area contributed by atoms with Crippen LogP contribution in [0.4, 0.5) is 0 Å². The van der Waals surface area contributed by atoms with Crippen molar-refractivity contribution in [2.45, 2.75) is 63.1 Å². The minimum atomic E-state index is -1.15. The van der Waals surface area contributed by atoms with E-state index >= 15 is 0 Å². The van der Waals surface area contributed by atoms with E-state index in [9.17, 15) is 0 Å². The van der Waals surface area contributed by atoms with Crippen molar-refractivity contribution >= 4 is 0 Å². The Morgan fingerprint density at radius 3 is 1.53 bits per heavy atom. The Morgan fingerprint density at radius 2 is 0.979 bits per heavy atom. The van der Waals surface area contributed by atoms with Crippen LogP contribution in [0.1, 0.15) is 27.8 Å². The van der Waals surface area contributed by atoms with Crippen molar-refractivity contribution < 1.29 is 28.4 Å². The van der Waals surface area contributed by atoms with Gasteiger partial charge in [-0.05, 0) is 28.3 Å². The van der Waals surface area contributed by atoms with Gasteiger partial charge in [0.2, 0.25) is 5.79 Å². The highest BCUT2D eigenvalue weighted by Gasteiger charge is 2.60. The van der Waals surface area contributed by atoms with Crippen LogP contribution in [0.5, 0.6) is 5.75 Å². The van der Waals surface area contributed by atoms with Crippen molar-refractivity contribution in [2.75, 3.05) is 6.61 Å². The van der Waals surface area contributed by atoms with E-state index in [1.165, 1.54) is 0 Å². The van der Waals surface area contributed by atoms with E-state index in [-0.39, 0.29) is 6.61 Å². The van der Waals surface area contributed by atoms with Crippen molar-refractivity contribution in [3.05, 3.63) is 173 Å². The van der Waals surface area contributed by atoms with Gasteiger partial charge in [0.1, 0.15) is 24.1 Å². The molecule has 0 bridgehead atoms. The maximum Gasteiger partial charge on any atom is 0.244 e. The predicted molar refractivity (Wildman–Crippen MR) is 180 cm³/mol. The first-order chi connectivity index (χ1) is 23.3. The molecule has 0 aliphatic carbocycles. The van der Waals surface area contributed by atoms with Crippen molar-refractivity contribution in [3.8, 4) is 5.75 Å². The van der Waals surface area contributed by atoms with Crippen molar-refractivity contribution in [2.24, 2.45) is 0 Å². The molecule has 6 heteroatoms. The number of hydrogen-bond acceptors (Lipinski definition) is 6. The number of ether oxygens (including phenoxy) is 6. The van der Waals surface area contributed by atoms with Gasteiger partial charge in [0.15, 0.2) is 6.10 Å². The molecule has 6 nitrogen and oxygen atoms in total. The smallest absolute Gasteiger partial charge is 0.244 e. The van der Waals surface area contributed by atoms with E-state index in [1.54, 1.807) is 0 Å². The molecule has 0 aromatic heterocycles. The second-order valence-corrected chi connectivity index (χ2v) is 12.1. The molecular weight excluding hydrogens is 588 g/mol. The summed E-state index contributed by atoms with van der Waals surface area (Å²) in [7, 11) is 0. The lowest BCUT2D eigenvalue weighted by Gasteiger charge is -2.50. The zero-order valence-corrected chi connectivity index (χ0v) is 26.4. The predicted octanol–water partition coefficient (Wildman–Crippen LogP) is 7.69. The van der Waals surface area contributed by atoms with Crippen LogP contribution >= 0.6 is 0 Å². The van der Waals surface area contributed by atoms with Gasteiger partial charge in [0, 0.05) is 12.0 Å². The zero-order valence-electron chi connectivity index (χ0n) is 26.4. The first-order valence-electron chi connectivity index (χ1n) is 16.3. The SMILES string of the molecule is c1ccc(COCC2OC3(Cc4ccccc4O3)C(OCc3ccccc3)C(OCc3ccccc3)C2OCc2ccccc2)cc1. The molecule has 2 aliphatic rings. The van der Waals surface area contributed by atoms with Crippen LogP contribution in [-0.4, -0.2) is 36.8 Å². The van der Waals surface area contributed by atoms with Gasteiger partial charge in [0.25, 0.3) is 0 Å². The lowest BCUT2D eigenvalue weighted by molar-refractivity contribution is -0.355. The lowest BCUT2D eigenvalue weighted by atomic mass is 9.89. The Morgan fingerprint density at radius 1 is 0.511 bits per heavy atom. The van der Waals surface area contributed by atoms with Crippen LogP contribution in [0.3, 0.4) is 0 Å². The van der Waals surface area contributed by atoms with Gasteiger partial charge in [-0.2, -0.15) is 0 Å². The quantitative estimate of drug-likeness (QED) is 0.133. The van der Waals surface area contributed by atoms with Crippen LogP contribution in [0.2, 0.25) is 0 Å². The number of fused-ring (bicyclic) bond motifs is 1. The van der Waals surface area contributed by atoms with Gasteiger partial charge in [0.05, 0.1) is 33.0 Å². The fourth-order valence-electron chi connectivity index (χ4n) is 6.38. The maximum atomic E-state index is 7.06. The molecule has 0 radical (unpaired) electrons. The van der Waals surface area contributed by atoms with Crippen LogP contribution < -0.4 is 4.74 Å². The fraction of sp³-hybridized carbons (Fsp3) is 0.268. The second kappa shape index (κ2) is 15.1. The first kappa shape index (κ1) is 31.3. The lowest BCUT2D eigenvalue weighted by Crippen LogP contribution is -2.69. The van der Waals surface area contributed by atoms with Gasteiger partial charge < -0.3 is 28.4 Å². The molecule has 0 saturated carbocycles. The van der Waals surface area contributed by atoms with Crippen LogP contribution in [-0.2, 0) is 56.5 Å². The minimum absolute atomic E-state index is 0.284. The van der Waals surface area contributed by atoms with E-state index in [4.69, 9.17) is 28.4 Å². The Kier molecular flexibility index (Phi) is 10.0. The molecule has 0 amide bonds. The third-order valence-corrected chi connectivity index (χ3v) is 8.70. The van der Waals surface area contributed by atoms with E-state index in [1.807, 2.05) is 91.0 Å². The molecule has 0 N–H and O–H groups in total. The molecule has 1 saturated heterocycles. The second-order valence-electron chi connectivity index (χ2n) is 12.1. The summed E-state index contributed by atoms with van der Waals surface area (Å²) in [5.41, 5.74) is 5.32. The monoisotopic (exact) mass is 628 g/mol. The molecule has 2 aliphatic heterocycles. The largest absolute Gasteiger partial charge is 0.459 e. The minimum Gasteiger partial charge on any atom is -0.459 e. The third kappa shape index (κ3) is 7.65. The van der Waals surface area contributed by atoms with Crippen molar-refractivity contribution in [1.82, 2.24) is 0 Å². The maximum absolute atomic E-state index is 7.06. The summed E-state index contributed by atoms with van der Waals surface area (Å²) in [5, 5.41) is 0. The summed E-state index contributed by atoms with van der Waals surface area (Å²) in [6.07, 6.45) is -1.68. The summed E-state index contributed by atoms with van der Waals surface area (Å²) in [5.74, 6) is -0.358. The number of rotatable bonds is 13. The average molecular weight is 629 g/mol. The standard InChI is InChI=1S/C41H40O6/c1-5-15-31(16-6-1)26-42-30-37-38(43-27-32-17-7-2-8-18-32)39(44-28-33-19-9-3-10-20-33)40(45-29-34-21-11-4-12-22-34)41(47-37)25-35-23-13-14-24-36(35)46-41/h1-24,37-40H,25-30H2. The highest BCUT2D eigenvalue weighted by Crippen LogP contribution is 2.45. The number of benzene rings is 5. The average Bonchev–Trinajstić information content (AvgIpc) is 3.50. The molecule has 5 atom stereocenters. The van der Waals surface area contributed by atoms with Crippen molar-refractivity contribution in [1.29, 1.82) is 0 Å². The Hall–Kier alpha value is -4.30. The normalized spacial score (nSPS) is 23.3. The van der Waals surface area contributed by atoms with Gasteiger partial charge in [-0.3, -0.25) is 0 Å². The van der Waals surface area contributed by atoms with E-state index in [0.717, 1.165) is 33.6 Å². The highest BCUT2D eigenvalue weighted by atomic mass is 16.7. The summed E-state index contributed by atoms with van der Waals surface area (Å²) < 4.78 is 40.7. The van der Waals surface area contributed by atoms with Crippen molar-refractivity contribution in [3.63, 3.8) is 0 Å². The summed E-state index contributed by atoms with van der Waals surface area (Å²) in [4.78, 5) is 0. The fourth-order valence-corrected chi connectivity index (χ4v) is 6.38. The molecule has 1 fully saturated rings. The number of para-hydroxylation sites is 1. The molecule has 47 heavy (non-hydrogen) atoms. The Balaban J connectivity index is 1.24. The Labute approximate surface area is 276 Å². The third-order valence-electron chi connectivity index (χ3n) is 8.70. The van der Waals surface area contributed by atoms with Crippen LogP contribution in [0.25, 0.3) is 0 Å². The molecular formula is C41H40O6. The van der Waals surface area contributed by atoms with Gasteiger partial charge in [-0.25, -0.2) is 0 Å². The van der Waals surface area contributed by atoms with Crippen LogP contribution in [0, 0.1) is 0 Å². The summed E-state index contributed by atoms with van der Waals surface area (Å²) >= 11 is 0. The molecule has 5 unspecified atom stereocenters. The molecule has 2 heterocycles. The molecule has 5 aromatic rings. The highest BCUT2D eigenvalue weighted by molar-refractivity contribution is 5.39. The summed E-state index contributed by atoms with van der Waals surface area (Å²) in [6.45, 7) is 1.86. The zero-order chi connectivity index (χ0) is 31.7. The van der Waals surface area contributed by atoms with Gasteiger partial charge >= 0.3 is 0 Å². The van der Waals surface area contributed by atoms with Crippen LogP contribution in [0.15, 0.2) is 146 Å². The molecule has 240 valence electrons. The van der Waals surface area contributed by atoms with E-state index in [0.29, 0.717) is 32.8 Å². The van der Waals surface area contributed by atoms with Gasteiger partial charge in [-0.1, -0.05) is 140 Å². The number of hydrogen-bond donors (Lipinski definition) is 0.